The molecule has 1 aromatic heterocycles. The molecule has 4 aliphatic rings. The molecule has 30 heavy (non-hydrogen) atoms. The first-order chi connectivity index (χ1) is 14.4. The molecule has 2 aromatic rings. The first-order valence-electron chi connectivity index (χ1n) is 11.4. The lowest BCUT2D eigenvalue weighted by Crippen LogP contribution is -2.58. The highest BCUT2D eigenvalue weighted by Gasteiger charge is 2.55. The third kappa shape index (κ3) is 3.50. The van der Waals surface area contributed by atoms with Crippen LogP contribution in [0.15, 0.2) is 24.3 Å². The second kappa shape index (κ2) is 7.40. The third-order valence-electron chi connectivity index (χ3n) is 7.62. The van der Waals surface area contributed by atoms with Crippen LogP contribution < -0.4 is 10.6 Å². The minimum atomic E-state index is -0.519. The van der Waals surface area contributed by atoms with Gasteiger partial charge in [-0.3, -0.25) is 9.59 Å². The van der Waals surface area contributed by atoms with E-state index in [9.17, 15) is 9.59 Å². The van der Waals surface area contributed by atoms with E-state index < -0.39 is 6.04 Å². The van der Waals surface area contributed by atoms with E-state index in [1.165, 1.54) is 19.3 Å². The van der Waals surface area contributed by atoms with Gasteiger partial charge >= 0.3 is 0 Å². The predicted molar refractivity (Wildman–Crippen MR) is 115 cm³/mol. The zero-order chi connectivity index (χ0) is 20.9. The lowest BCUT2D eigenvalue weighted by Gasteiger charge is -2.55. The highest BCUT2D eigenvalue weighted by Crippen LogP contribution is 2.60. The Balaban J connectivity index is 1.24. The third-order valence-corrected chi connectivity index (χ3v) is 7.62. The van der Waals surface area contributed by atoms with Crippen LogP contribution in [0.25, 0.3) is 11.0 Å². The second-order valence-electron chi connectivity index (χ2n) is 10.3. The molecule has 0 aliphatic heterocycles. The van der Waals surface area contributed by atoms with Crippen LogP contribution in [-0.4, -0.2) is 27.8 Å². The number of imidazole rings is 1. The molecule has 6 rings (SSSR count). The van der Waals surface area contributed by atoms with Crippen LogP contribution in [-0.2, 0) is 16.1 Å². The van der Waals surface area contributed by atoms with E-state index in [4.69, 9.17) is 0 Å². The number of para-hydroxylation sites is 2. The van der Waals surface area contributed by atoms with Crippen molar-refractivity contribution in [3.8, 4) is 0 Å². The van der Waals surface area contributed by atoms with Crippen molar-refractivity contribution in [2.24, 2.45) is 29.1 Å². The largest absolute Gasteiger partial charge is 0.347 e. The van der Waals surface area contributed by atoms with E-state index in [0.29, 0.717) is 24.3 Å². The molecule has 1 unspecified atom stereocenters. The molecule has 0 spiro atoms. The Morgan fingerprint density at radius 1 is 1.10 bits per heavy atom. The number of aromatic amines is 1. The monoisotopic (exact) mass is 408 g/mol. The molecule has 2 amide bonds. The Labute approximate surface area is 177 Å². The molecular formula is C24H32N4O2. The number of fused-ring (bicyclic) bond motifs is 1. The quantitative estimate of drug-likeness (QED) is 0.683. The highest BCUT2D eigenvalue weighted by molar-refractivity contribution is 5.90. The van der Waals surface area contributed by atoms with Gasteiger partial charge in [-0.15, -0.1) is 0 Å². The highest BCUT2D eigenvalue weighted by atomic mass is 16.2. The van der Waals surface area contributed by atoms with Gasteiger partial charge in [0.2, 0.25) is 11.8 Å². The SMILES string of the molecule is CC(C)C(NC(=O)C12CC3CC(CC(C3)C1)C2)C(=O)NCc1nc2ccccc2[nH]1. The molecule has 0 saturated heterocycles. The predicted octanol–water partition coefficient (Wildman–Crippen LogP) is 3.54. The van der Waals surface area contributed by atoms with Crippen molar-refractivity contribution in [2.75, 3.05) is 0 Å². The van der Waals surface area contributed by atoms with Crippen LogP contribution in [0.1, 0.15) is 58.2 Å². The van der Waals surface area contributed by atoms with Crippen molar-refractivity contribution in [3.63, 3.8) is 0 Å². The van der Waals surface area contributed by atoms with Crippen LogP contribution in [0, 0.1) is 29.1 Å². The Bertz CT molecular complexity index is 895. The number of aromatic nitrogens is 2. The Kier molecular flexibility index (Phi) is 4.83. The van der Waals surface area contributed by atoms with Crippen molar-refractivity contribution >= 4 is 22.8 Å². The summed E-state index contributed by atoms with van der Waals surface area (Å²) in [4.78, 5) is 34.1. The molecule has 4 fully saturated rings. The number of hydrogen-bond donors (Lipinski definition) is 3. The number of hydrogen-bond acceptors (Lipinski definition) is 3. The summed E-state index contributed by atoms with van der Waals surface area (Å²) in [5.41, 5.74) is 1.61. The average molecular weight is 409 g/mol. The maximum Gasteiger partial charge on any atom is 0.243 e. The molecule has 6 heteroatoms. The molecule has 1 atom stereocenters. The van der Waals surface area contributed by atoms with Crippen molar-refractivity contribution in [3.05, 3.63) is 30.1 Å². The second-order valence-corrected chi connectivity index (χ2v) is 10.3. The molecule has 4 saturated carbocycles. The zero-order valence-electron chi connectivity index (χ0n) is 17.9. The Morgan fingerprint density at radius 2 is 1.73 bits per heavy atom. The number of nitrogens with zero attached hydrogens (tertiary/aromatic N) is 1. The van der Waals surface area contributed by atoms with Gasteiger partial charge in [0, 0.05) is 5.41 Å². The van der Waals surface area contributed by atoms with Gasteiger partial charge < -0.3 is 15.6 Å². The van der Waals surface area contributed by atoms with Crippen LogP contribution >= 0.6 is 0 Å². The van der Waals surface area contributed by atoms with E-state index in [1.807, 2.05) is 38.1 Å². The summed E-state index contributed by atoms with van der Waals surface area (Å²) < 4.78 is 0. The molecular weight excluding hydrogens is 376 g/mol. The summed E-state index contributed by atoms with van der Waals surface area (Å²) >= 11 is 0. The van der Waals surface area contributed by atoms with E-state index in [0.717, 1.165) is 36.1 Å². The van der Waals surface area contributed by atoms with E-state index in [1.54, 1.807) is 0 Å². The van der Waals surface area contributed by atoms with E-state index in [2.05, 4.69) is 20.6 Å². The fourth-order valence-electron chi connectivity index (χ4n) is 6.59. The van der Waals surface area contributed by atoms with Gasteiger partial charge in [-0.1, -0.05) is 26.0 Å². The summed E-state index contributed by atoms with van der Waals surface area (Å²) in [6.45, 7) is 4.31. The Hall–Kier alpha value is -2.37. The lowest BCUT2D eigenvalue weighted by molar-refractivity contribution is -0.149. The fourth-order valence-corrected chi connectivity index (χ4v) is 6.59. The van der Waals surface area contributed by atoms with Gasteiger partial charge in [0.1, 0.15) is 11.9 Å². The summed E-state index contributed by atoms with van der Waals surface area (Å²) in [6.07, 6.45) is 6.94. The summed E-state index contributed by atoms with van der Waals surface area (Å²) in [5.74, 6) is 2.85. The Morgan fingerprint density at radius 3 is 2.33 bits per heavy atom. The summed E-state index contributed by atoms with van der Waals surface area (Å²) in [7, 11) is 0. The standard InChI is InChI=1S/C24H32N4O2/c1-14(2)21(22(29)25-13-20-26-18-5-3-4-6-19(18)27-20)28-23(30)24-10-15-7-16(11-24)9-17(8-15)12-24/h3-6,14-17,21H,7-13H2,1-2H3,(H,25,29)(H,26,27)(H,28,30). The zero-order valence-corrected chi connectivity index (χ0v) is 17.9. The minimum Gasteiger partial charge on any atom is -0.347 e. The van der Waals surface area contributed by atoms with Crippen molar-refractivity contribution in [1.82, 2.24) is 20.6 Å². The lowest BCUT2D eigenvalue weighted by atomic mass is 9.49. The van der Waals surface area contributed by atoms with Crippen LogP contribution in [0.5, 0.6) is 0 Å². The molecule has 4 aliphatic carbocycles. The van der Waals surface area contributed by atoms with E-state index >= 15 is 0 Å². The molecule has 1 aromatic carbocycles. The molecule has 3 N–H and O–H groups in total. The summed E-state index contributed by atoms with van der Waals surface area (Å²) in [6, 6.07) is 7.29. The van der Waals surface area contributed by atoms with E-state index in [-0.39, 0.29) is 23.1 Å². The van der Waals surface area contributed by atoms with Gasteiger partial charge in [-0.25, -0.2) is 4.98 Å². The van der Waals surface area contributed by atoms with Crippen LogP contribution in [0.4, 0.5) is 0 Å². The number of amides is 2. The molecule has 1 heterocycles. The number of carbonyl (C=O) groups is 2. The molecule has 160 valence electrons. The van der Waals surface area contributed by atoms with Gasteiger partial charge in [0.25, 0.3) is 0 Å². The van der Waals surface area contributed by atoms with Crippen molar-refractivity contribution < 1.29 is 9.59 Å². The minimum absolute atomic E-state index is 0.0264. The smallest absolute Gasteiger partial charge is 0.243 e. The number of benzene rings is 1. The number of H-pyrrole nitrogens is 1. The van der Waals surface area contributed by atoms with Crippen molar-refractivity contribution in [2.45, 2.75) is 65.0 Å². The number of nitrogens with one attached hydrogen (secondary N) is 3. The normalized spacial score (nSPS) is 30.6. The van der Waals surface area contributed by atoms with Gasteiger partial charge in [-0.2, -0.15) is 0 Å². The first kappa shape index (κ1) is 19.6. The fraction of sp³-hybridized carbons (Fsp3) is 0.625. The molecule has 6 nitrogen and oxygen atoms in total. The molecule has 4 bridgehead atoms. The maximum absolute atomic E-state index is 13.4. The van der Waals surface area contributed by atoms with Crippen molar-refractivity contribution in [1.29, 1.82) is 0 Å². The topological polar surface area (TPSA) is 86.9 Å². The van der Waals surface area contributed by atoms with Gasteiger partial charge in [0.05, 0.1) is 17.6 Å². The number of carbonyl (C=O) groups excluding carboxylic acids is 2. The average Bonchev–Trinajstić information content (AvgIpc) is 3.12. The first-order valence-corrected chi connectivity index (χ1v) is 11.4. The summed E-state index contributed by atoms with van der Waals surface area (Å²) in [5, 5.41) is 6.13. The molecule has 0 radical (unpaired) electrons. The van der Waals surface area contributed by atoms with Gasteiger partial charge in [-0.05, 0) is 74.3 Å². The number of rotatable bonds is 6. The van der Waals surface area contributed by atoms with Crippen LogP contribution in [0.2, 0.25) is 0 Å². The van der Waals surface area contributed by atoms with Gasteiger partial charge in [0.15, 0.2) is 0 Å². The van der Waals surface area contributed by atoms with Crippen LogP contribution in [0.3, 0.4) is 0 Å². The maximum atomic E-state index is 13.4.